The van der Waals surface area contributed by atoms with Gasteiger partial charge in [-0.1, -0.05) is 6.42 Å². The minimum absolute atomic E-state index is 0.0231. The van der Waals surface area contributed by atoms with E-state index in [0.29, 0.717) is 23.8 Å². The maximum Gasteiger partial charge on any atom is 0.270 e. The van der Waals surface area contributed by atoms with E-state index in [4.69, 9.17) is 9.84 Å². The van der Waals surface area contributed by atoms with E-state index in [1.165, 1.54) is 31.4 Å². The van der Waals surface area contributed by atoms with Crippen LogP contribution >= 0.6 is 0 Å². The highest BCUT2D eigenvalue weighted by Gasteiger charge is 2.19. The minimum Gasteiger partial charge on any atom is -0.493 e. The zero-order chi connectivity index (χ0) is 12.3. The van der Waals surface area contributed by atoms with Crippen LogP contribution in [0.3, 0.4) is 0 Å². The van der Waals surface area contributed by atoms with Gasteiger partial charge in [0.2, 0.25) is 0 Å². The molecule has 0 heterocycles. The van der Waals surface area contributed by atoms with Gasteiger partial charge in [0.15, 0.2) is 0 Å². The lowest BCUT2D eigenvalue weighted by atomic mass is 9.86. The summed E-state index contributed by atoms with van der Waals surface area (Å²) >= 11 is 0. The molecule has 1 aliphatic rings. The van der Waals surface area contributed by atoms with Gasteiger partial charge in [-0.05, 0) is 24.8 Å². The molecule has 1 fully saturated rings. The summed E-state index contributed by atoms with van der Waals surface area (Å²) in [5.74, 6) is 1.14. The maximum absolute atomic E-state index is 10.6. The Morgan fingerprint density at radius 1 is 1.47 bits per heavy atom. The molecular formula is C12H15NO4. The van der Waals surface area contributed by atoms with Gasteiger partial charge in [-0.25, -0.2) is 0 Å². The lowest BCUT2D eigenvalue weighted by molar-refractivity contribution is -0.385. The summed E-state index contributed by atoms with van der Waals surface area (Å²) in [6, 6.07) is 4.31. The molecule has 1 aliphatic carbocycles. The van der Waals surface area contributed by atoms with E-state index in [9.17, 15) is 10.1 Å². The molecule has 2 rings (SSSR count). The molecule has 5 heteroatoms. The van der Waals surface area contributed by atoms with Crippen LogP contribution in [0.2, 0.25) is 0 Å². The standard InChI is InChI=1S/C12H15NO4/c14-7-10-6-11(13(15)16)4-5-12(10)17-8-9-2-1-3-9/h4-6,9,14H,1-3,7-8H2. The van der Waals surface area contributed by atoms with Crippen molar-refractivity contribution in [3.05, 3.63) is 33.9 Å². The molecule has 1 N–H and O–H groups in total. The van der Waals surface area contributed by atoms with Gasteiger partial charge in [0.25, 0.3) is 5.69 Å². The molecule has 5 nitrogen and oxygen atoms in total. The van der Waals surface area contributed by atoms with Gasteiger partial charge in [-0.2, -0.15) is 0 Å². The van der Waals surface area contributed by atoms with Crippen LogP contribution in [-0.2, 0) is 6.61 Å². The molecular weight excluding hydrogens is 222 g/mol. The SMILES string of the molecule is O=[N+]([O-])c1ccc(OCC2CCC2)c(CO)c1. The van der Waals surface area contributed by atoms with Crippen LogP contribution in [0.1, 0.15) is 24.8 Å². The lowest BCUT2D eigenvalue weighted by Gasteiger charge is -2.25. The van der Waals surface area contributed by atoms with Crippen LogP contribution in [0, 0.1) is 16.0 Å². The van der Waals surface area contributed by atoms with E-state index < -0.39 is 4.92 Å². The van der Waals surface area contributed by atoms with Crippen molar-refractivity contribution in [1.82, 2.24) is 0 Å². The van der Waals surface area contributed by atoms with Gasteiger partial charge in [0.1, 0.15) is 5.75 Å². The van der Waals surface area contributed by atoms with Crippen molar-refractivity contribution < 1.29 is 14.8 Å². The number of ether oxygens (including phenoxy) is 1. The van der Waals surface area contributed by atoms with Gasteiger partial charge < -0.3 is 9.84 Å². The summed E-state index contributed by atoms with van der Waals surface area (Å²) in [4.78, 5) is 10.1. The number of non-ortho nitro benzene ring substituents is 1. The summed E-state index contributed by atoms with van der Waals surface area (Å²) in [5, 5.41) is 19.7. The first-order valence-electron chi connectivity index (χ1n) is 5.71. The van der Waals surface area contributed by atoms with Crippen molar-refractivity contribution in [2.24, 2.45) is 5.92 Å². The summed E-state index contributed by atoms with van der Waals surface area (Å²) in [6.45, 7) is 0.381. The van der Waals surface area contributed by atoms with Crippen LogP contribution in [-0.4, -0.2) is 16.6 Å². The van der Waals surface area contributed by atoms with Crippen LogP contribution in [0.25, 0.3) is 0 Å². The molecule has 0 radical (unpaired) electrons. The molecule has 0 atom stereocenters. The number of hydrogen-bond acceptors (Lipinski definition) is 4. The van der Waals surface area contributed by atoms with Crippen molar-refractivity contribution in [1.29, 1.82) is 0 Å². The zero-order valence-electron chi connectivity index (χ0n) is 9.46. The fourth-order valence-corrected chi connectivity index (χ4v) is 1.81. The molecule has 92 valence electrons. The molecule has 0 amide bonds. The zero-order valence-corrected chi connectivity index (χ0v) is 9.46. The number of rotatable bonds is 5. The van der Waals surface area contributed by atoms with Gasteiger partial charge in [0.05, 0.1) is 18.1 Å². The Balaban J connectivity index is 2.06. The van der Waals surface area contributed by atoms with E-state index in [1.807, 2.05) is 0 Å². The van der Waals surface area contributed by atoms with Crippen LogP contribution in [0.4, 0.5) is 5.69 Å². The van der Waals surface area contributed by atoms with E-state index in [1.54, 1.807) is 6.07 Å². The predicted molar refractivity (Wildman–Crippen MR) is 61.9 cm³/mol. The number of nitro benzene ring substituents is 1. The Kier molecular flexibility index (Phi) is 3.58. The molecule has 1 saturated carbocycles. The molecule has 17 heavy (non-hydrogen) atoms. The van der Waals surface area contributed by atoms with Gasteiger partial charge in [0, 0.05) is 17.7 Å². The van der Waals surface area contributed by atoms with E-state index >= 15 is 0 Å². The molecule has 0 aliphatic heterocycles. The third-order valence-corrected chi connectivity index (χ3v) is 3.12. The maximum atomic E-state index is 10.6. The fraction of sp³-hybridized carbons (Fsp3) is 0.500. The summed E-state index contributed by atoms with van der Waals surface area (Å²) < 4.78 is 5.58. The van der Waals surface area contributed by atoms with Crippen LogP contribution < -0.4 is 4.74 Å². The average Bonchev–Trinajstić information content (AvgIpc) is 2.27. The van der Waals surface area contributed by atoms with E-state index in [0.717, 1.165) is 0 Å². The minimum atomic E-state index is -0.477. The molecule has 0 unspecified atom stereocenters. The smallest absolute Gasteiger partial charge is 0.270 e. The Bertz CT molecular complexity index is 415. The van der Waals surface area contributed by atoms with Crippen molar-refractivity contribution in [2.75, 3.05) is 6.61 Å². The van der Waals surface area contributed by atoms with Gasteiger partial charge >= 0.3 is 0 Å². The second-order valence-corrected chi connectivity index (χ2v) is 4.32. The molecule has 1 aromatic rings. The van der Waals surface area contributed by atoms with E-state index in [-0.39, 0.29) is 12.3 Å². The Morgan fingerprint density at radius 2 is 2.24 bits per heavy atom. The number of nitrogens with zero attached hydrogens (tertiary/aromatic N) is 1. The number of aliphatic hydroxyl groups is 1. The van der Waals surface area contributed by atoms with Crippen LogP contribution in [0.15, 0.2) is 18.2 Å². The van der Waals surface area contributed by atoms with Gasteiger partial charge in [-0.3, -0.25) is 10.1 Å². The third-order valence-electron chi connectivity index (χ3n) is 3.12. The second-order valence-electron chi connectivity index (χ2n) is 4.32. The first-order valence-corrected chi connectivity index (χ1v) is 5.71. The number of aliphatic hydroxyl groups excluding tert-OH is 1. The second kappa shape index (κ2) is 5.14. The van der Waals surface area contributed by atoms with Crippen molar-refractivity contribution in [3.8, 4) is 5.75 Å². The highest BCUT2D eigenvalue weighted by atomic mass is 16.6. The Hall–Kier alpha value is -1.62. The summed E-state index contributed by atoms with van der Waals surface area (Å²) in [7, 11) is 0. The first kappa shape index (κ1) is 11.9. The lowest BCUT2D eigenvalue weighted by Crippen LogP contribution is -2.19. The van der Waals surface area contributed by atoms with E-state index in [2.05, 4.69) is 0 Å². The molecule has 0 spiro atoms. The normalized spacial score (nSPS) is 15.4. The third kappa shape index (κ3) is 2.74. The molecule has 1 aromatic carbocycles. The Morgan fingerprint density at radius 3 is 2.76 bits per heavy atom. The van der Waals surface area contributed by atoms with Crippen molar-refractivity contribution >= 4 is 5.69 Å². The quantitative estimate of drug-likeness (QED) is 0.629. The number of nitro groups is 1. The largest absolute Gasteiger partial charge is 0.493 e. The highest BCUT2D eigenvalue weighted by molar-refractivity contribution is 5.43. The molecule has 0 bridgehead atoms. The van der Waals surface area contributed by atoms with Gasteiger partial charge in [-0.15, -0.1) is 0 Å². The summed E-state index contributed by atoms with van der Waals surface area (Å²) in [6.07, 6.45) is 3.62. The fourth-order valence-electron chi connectivity index (χ4n) is 1.81. The Labute approximate surface area is 99.2 Å². The monoisotopic (exact) mass is 237 g/mol. The molecule has 0 saturated heterocycles. The highest BCUT2D eigenvalue weighted by Crippen LogP contribution is 2.29. The average molecular weight is 237 g/mol. The number of hydrogen-bond donors (Lipinski definition) is 1. The predicted octanol–water partition coefficient (Wildman–Crippen LogP) is 2.27. The number of benzene rings is 1. The molecule has 0 aromatic heterocycles. The topological polar surface area (TPSA) is 72.6 Å². The van der Waals surface area contributed by atoms with Crippen molar-refractivity contribution in [3.63, 3.8) is 0 Å². The first-order chi connectivity index (χ1) is 8.20. The van der Waals surface area contributed by atoms with Crippen LogP contribution in [0.5, 0.6) is 5.75 Å². The van der Waals surface area contributed by atoms with Crippen molar-refractivity contribution in [2.45, 2.75) is 25.9 Å². The summed E-state index contributed by atoms with van der Waals surface area (Å²) in [5.41, 5.74) is 0.448.